The highest BCUT2D eigenvalue weighted by Gasteiger charge is 2.12. The molecule has 1 aliphatic rings. The minimum absolute atomic E-state index is 0.205. The number of hydrogen-bond donors (Lipinski definition) is 1. The third-order valence-corrected chi connectivity index (χ3v) is 2.94. The highest BCUT2D eigenvalue weighted by Crippen LogP contribution is 2.16. The molecule has 0 atom stereocenters. The molecule has 0 saturated carbocycles. The highest BCUT2D eigenvalue weighted by molar-refractivity contribution is 5.28. The van der Waals surface area contributed by atoms with Crippen LogP contribution in [0, 0.1) is 0 Å². The maximum absolute atomic E-state index is 12.1. The van der Waals surface area contributed by atoms with Gasteiger partial charge in [-0.15, -0.1) is 0 Å². The van der Waals surface area contributed by atoms with Gasteiger partial charge in [0, 0.05) is 25.8 Å². The molecule has 0 amide bonds. The molecule has 1 heterocycles. The van der Waals surface area contributed by atoms with E-state index in [2.05, 4.69) is 10.1 Å². The molecule has 0 radical (unpaired) electrons. The zero-order chi connectivity index (χ0) is 12.8. The minimum Gasteiger partial charge on any atom is -0.435 e. The lowest BCUT2D eigenvalue weighted by Gasteiger charge is -2.23. The molecule has 100 valence electrons. The van der Waals surface area contributed by atoms with Crippen LogP contribution in [0.5, 0.6) is 5.75 Å². The quantitative estimate of drug-likeness (QED) is 0.879. The number of alkyl halides is 2. The average Bonchev–Trinajstić information content (AvgIpc) is 2.37. The van der Waals surface area contributed by atoms with E-state index in [1.807, 2.05) is 6.07 Å². The van der Waals surface area contributed by atoms with Crippen molar-refractivity contribution in [1.82, 2.24) is 5.32 Å². The van der Waals surface area contributed by atoms with Crippen molar-refractivity contribution in [1.29, 1.82) is 0 Å². The molecule has 5 heteroatoms. The molecule has 1 aromatic rings. The standard InChI is InChI=1S/C13H17F2NO2/c14-13(15)18-12-3-1-2-10(8-12)9-16-11-4-6-17-7-5-11/h1-3,8,11,13,16H,4-7,9H2. The van der Waals surface area contributed by atoms with E-state index < -0.39 is 6.61 Å². The first-order chi connectivity index (χ1) is 8.74. The lowest BCUT2D eigenvalue weighted by molar-refractivity contribution is -0.0498. The fourth-order valence-corrected chi connectivity index (χ4v) is 2.00. The summed E-state index contributed by atoms with van der Waals surface area (Å²) in [5, 5.41) is 3.40. The second kappa shape index (κ2) is 6.66. The average molecular weight is 257 g/mol. The summed E-state index contributed by atoms with van der Waals surface area (Å²) < 4.78 is 33.8. The normalized spacial score (nSPS) is 17.1. The topological polar surface area (TPSA) is 30.5 Å². The molecule has 0 unspecified atom stereocenters. The van der Waals surface area contributed by atoms with Gasteiger partial charge < -0.3 is 14.8 Å². The summed E-state index contributed by atoms with van der Waals surface area (Å²) in [6.07, 6.45) is 1.99. The molecule has 1 saturated heterocycles. The number of halogens is 2. The van der Waals surface area contributed by atoms with Gasteiger partial charge in [0.2, 0.25) is 0 Å². The first kappa shape index (κ1) is 13.2. The second-order valence-electron chi connectivity index (χ2n) is 4.29. The molecule has 1 aromatic carbocycles. The largest absolute Gasteiger partial charge is 0.435 e. The molecule has 18 heavy (non-hydrogen) atoms. The molecule has 1 aliphatic heterocycles. The van der Waals surface area contributed by atoms with E-state index in [1.54, 1.807) is 12.1 Å². The predicted octanol–water partition coefficient (Wildman–Crippen LogP) is 2.56. The molecular weight excluding hydrogens is 240 g/mol. The van der Waals surface area contributed by atoms with Crippen LogP contribution in [0.4, 0.5) is 8.78 Å². The fourth-order valence-electron chi connectivity index (χ4n) is 2.00. The molecule has 1 fully saturated rings. The third-order valence-electron chi connectivity index (χ3n) is 2.94. The van der Waals surface area contributed by atoms with Crippen LogP contribution >= 0.6 is 0 Å². The Morgan fingerprint density at radius 2 is 2.11 bits per heavy atom. The summed E-state index contributed by atoms with van der Waals surface area (Å²) in [6.45, 7) is -0.549. The Hall–Kier alpha value is -1.20. The molecule has 0 aromatic heterocycles. The van der Waals surface area contributed by atoms with Crippen molar-refractivity contribution in [3.63, 3.8) is 0 Å². The van der Waals surface area contributed by atoms with Crippen LogP contribution in [0.1, 0.15) is 18.4 Å². The number of rotatable bonds is 5. The van der Waals surface area contributed by atoms with Gasteiger partial charge in [0.1, 0.15) is 5.75 Å². The van der Waals surface area contributed by atoms with Crippen LogP contribution in [-0.2, 0) is 11.3 Å². The Morgan fingerprint density at radius 1 is 1.33 bits per heavy atom. The van der Waals surface area contributed by atoms with E-state index in [9.17, 15) is 8.78 Å². The molecule has 2 rings (SSSR count). The second-order valence-corrected chi connectivity index (χ2v) is 4.29. The SMILES string of the molecule is FC(F)Oc1cccc(CNC2CCOCC2)c1. The van der Waals surface area contributed by atoms with E-state index in [4.69, 9.17) is 4.74 Å². The van der Waals surface area contributed by atoms with E-state index in [-0.39, 0.29) is 5.75 Å². The van der Waals surface area contributed by atoms with Gasteiger partial charge in [0.25, 0.3) is 0 Å². The lowest BCUT2D eigenvalue weighted by Crippen LogP contribution is -2.34. The number of benzene rings is 1. The van der Waals surface area contributed by atoms with Gasteiger partial charge in [-0.1, -0.05) is 12.1 Å². The Bertz CT molecular complexity index is 368. The number of hydrogen-bond acceptors (Lipinski definition) is 3. The predicted molar refractivity (Wildman–Crippen MR) is 63.8 cm³/mol. The number of nitrogens with one attached hydrogen (secondary N) is 1. The van der Waals surface area contributed by atoms with E-state index in [0.717, 1.165) is 31.6 Å². The summed E-state index contributed by atoms with van der Waals surface area (Å²) in [7, 11) is 0. The smallest absolute Gasteiger partial charge is 0.387 e. The van der Waals surface area contributed by atoms with Crippen LogP contribution in [0.25, 0.3) is 0 Å². The molecule has 1 N–H and O–H groups in total. The fraction of sp³-hybridized carbons (Fsp3) is 0.538. The van der Waals surface area contributed by atoms with Crippen molar-refractivity contribution >= 4 is 0 Å². The summed E-state index contributed by atoms with van der Waals surface area (Å²) in [5.41, 5.74) is 0.944. The summed E-state index contributed by atoms with van der Waals surface area (Å²) in [4.78, 5) is 0. The van der Waals surface area contributed by atoms with E-state index in [0.29, 0.717) is 12.6 Å². The van der Waals surface area contributed by atoms with E-state index >= 15 is 0 Å². The van der Waals surface area contributed by atoms with Crippen LogP contribution in [-0.4, -0.2) is 25.9 Å². The summed E-state index contributed by atoms with van der Waals surface area (Å²) in [5.74, 6) is 0.205. The number of ether oxygens (including phenoxy) is 2. The van der Waals surface area contributed by atoms with Crippen molar-refractivity contribution in [3.8, 4) is 5.75 Å². The summed E-state index contributed by atoms with van der Waals surface area (Å²) >= 11 is 0. The van der Waals surface area contributed by atoms with Gasteiger partial charge >= 0.3 is 6.61 Å². The Morgan fingerprint density at radius 3 is 2.83 bits per heavy atom. The molecule has 0 aliphatic carbocycles. The van der Waals surface area contributed by atoms with Gasteiger partial charge in [-0.2, -0.15) is 8.78 Å². The third kappa shape index (κ3) is 4.23. The molecule has 3 nitrogen and oxygen atoms in total. The highest BCUT2D eigenvalue weighted by atomic mass is 19.3. The Kier molecular flexibility index (Phi) is 4.90. The Balaban J connectivity index is 1.84. The van der Waals surface area contributed by atoms with Gasteiger partial charge in [-0.25, -0.2) is 0 Å². The van der Waals surface area contributed by atoms with Gasteiger partial charge in [0.05, 0.1) is 0 Å². The molecule has 0 bridgehead atoms. The first-order valence-electron chi connectivity index (χ1n) is 6.09. The van der Waals surface area contributed by atoms with Crippen molar-refractivity contribution in [2.75, 3.05) is 13.2 Å². The zero-order valence-corrected chi connectivity index (χ0v) is 10.1. The van der Waals surface area contributed by atoms with Crippen molar-refractivity contribution in [2.24, 2.45) is 0 Å². The monoisotopic (exact) mass is 257 g/mol. The van der Waals surface area contributed by atoms with Crippen LogP contribution < -0.4 is 10.1 Å². The zero-order valence-electron chi connectivity index (χ0n) is 10.1. The maximum Gasteiger partial charge on any atom is 0.387 e. The maximum atomic E-state index is 12.1. The van der Waals surface area contributed by atoms with Crippen LogP contribution in [0.15, 0.2) is 24.3 Å². The van der Waals surface area contributed by atoms with Gasteiger partial charge in [-0.05, 0) is 30.5 Å². The molecular formula is C13H17F2NO2. The van der Waals surface area contributed by atoms with Crippen LogP contribution in [0.3, 0.4) is 0 Å². The van der Waals surface area contributed by atoms with E-state index in [1.165, 1.54) is 6.07 Å². The molecule has 0 spiro atoms. The minimum atomic E-state index is -2.77. The van der Waals surface area contributed by atoms with Crippen molar-refractivity contribution in [3.05, 3.63) is 29.8 Å². The summed E-state index contributed by atoms with van der Waals surface area (Å²) in [6, 6.07) is 7.23. The Labute approximate surface area is 105 Å². The van der Waals surface area contributed by atoms with Gasteiger partial charge in [0.15, 0.2) is 0 Å². The van der Waals surface area contributed by atoms with Crippen molar-refractivity contribution < 1.29 is 18.3 Å². The first-order valence-corrected chi connectivity index (χ1v) is 6.09. The van der Waals surface area contributed by atoms with Gasteiger partial charge in [-0.3, -0.25) is 0 Å². The van der Waals surface area contributed by atoms with Crippen LogP contribution in [0.2, 0.25) is 0 Å². The lowest BCUT2D eigenvalue weighted by atomic mass is 10.1. The van der Waals surface area contributed by atoms with Crippen molar-refractivity contribution in [2.45, 2.75) is 32.0 Å².